The van der Waals surface area contributed by atoms with Crippen LogP contribution in [0.5, 0.6) is 5.75 Å². The van der Waals surface area contributed by atoms with E-state index in [9.17, 15) is 23.3 Å². The molecule has 0 aliphatic carbocycles. The number of nitro groups is 1. The molecule has 0 heterocycles. The number of alkyl halides is 3. The van der Waals surface area contributed by atoms with Gasteiger partial charge in [-0.2, -0.15) is 5.26 Å². The molecule has 0 fully saturated rings. The Bertz CT molecular complexity index is 801. The Hall–Kier alpha value is -3.28. The van der Waals surface area contributed by atoms with Crippen molar-refractivity contribution in [1.82, 2.24) is 0 Å². The lowest BCUT2D eigenvalue weighted by Crippen LogP contribution is -2.18. The molecule has 0 radical (unpaired) electrons. The van der Waals surface area contributed by atoms with Crippen molar-refractivity contribution in [3.63, 3.8) is 0 Å². The Kier molecular flexibility index (Phi) is 4.89. The highest BCUT2D eigenvalue weighted by atomic mass is 19.4. The zero-order valence-electron chi connectivity index (χ0n) is 12.0. The molecule has 0 aromatic heterocycles. The highest BCUT2D eigenvalue weighted by Gasteiger charge is 2.32. The van der Waals surface area contributed by atoms with Crippen LogP contribution in [0.2, 0.25) is 0 Å². The lowest BCUT2D eigenvalue weighted by Gasteiger charge is -2.14. The smallest absolute Gasteiger partial charge is 0.405 e. The van der Waals surface area contributed by atoms with E-state index in [1.807, 2.05) is 6.07 Å². The minimum absolute atomic E-state index is 0.0286. The second-order valence-electron chi connectivity index (χ2n) is 4.61. The van der Waals surface area contributed by atoms with Crippen LogP contribution in [0.1, 0.15) is 11.1 Å². The van der Waals surface area contributed by atoms with Gasteiger partial charge in [-0.3, -0.25) is 10.1 Å². The number of anilines is 1. The van der Waals surface area contributed by atoms with Gasteiger partial charge < -0.3 is 10.1 Å². The fourth-order valence-corrected chi connectivity index (χ4v) is 1.97. The first kappa shape index (κ1) is 17.1. The summed E-state index contributed by atoms with van der Waals surface area (Å²) in [5.74, 6) is -0.406. The quantitative estimate of drug-likeness (QED) is 0.658. The van der Waals surface area contributed by atoms with E-state index in [1.54, 1.807) is 0 Å². The fourth-order valence-electron chi connectivity index (χ4n) is 1.97. The van der Waals surface area contributed by atoms with Crippen LogP contribution in [0.3, 0.4) is 0 Å². The van der Waals surface area contributed by atoms with Gasteiger partial charge in [0.15, 0.2) is 0 Å². The Balaban J connectivity index is 2.26. The second kappa shape index (κ2) is 6.87. The highest BCUT2D eigenvalue weighted by Crippen LogP contribution is 2.29. The van der Waals surface area contributed by atoms with Crippen molar-refractivity contribution in [3.8, 4) is 11.8 Å². The summed E-state index contributed by atoms with van der Waals surface area (Å²) < 4.78 is 41.1. The van der Waals surface area contributed by atoms with Crippen LogP contribution in [-0.2, 0) is 6.54 Å². The largest absolute Gasteiger partial charge is 0.573 e. The Morgan fingerprint density at radius 1 is 1.25 bits per heavy atom. The van der Waals surface area contributed by atoms with Gasteiger partial charge >= 0.3 is 6.36 Å². The number of ether oxygens (including phenoxy) is 1. The first-order valence-corrected chi connectivity index (χ1v) is 6.56. The van der Waals surface area contributed by atoms with Crippen molar-refractivity contribution < 1.29 is 22.8 Å². The maximum atomic E-state index is 12.4. The number of benzene rings is 2. The summed E-state index contributed by atoms with van der Waals surface area (Å²) in [7, 11) is 0. The lowest BCUT2D eigenvalue weighted by atomic mass is 10.1. The van der Waals surface area contributed by atoms with Crippen molar-refractivity contribution in [1.29, 1.82) is 5.26 Å². The van der Waals surface area contributed by atoms with Gasteiger partial charge in [-0.25, -0.2) is 0 Å². The molecule has 6 nitrogen and oxygen atoms in total. The number of hydrogen-bond acceptors (Lipinski definition) is 5. The lowest BCUT2D eigenvalue weighted by molar-refractivity contribution is -0.384. The predicted molar refractivity (Wildman–Crippen MR) is 78.3 cm³/mol. The van der Waals surface area contributed by atoms with Crippen LogP contribution in [-0.4, -0.2) is 11.3 Å². The van der Waals surface area contributed by atoms with Crippen LogP contribution < -0.4 is 10.1 Å². The van der Waals surface area contributed by atoms with E-state index >= 15 is 0 Å². The number of nitriles is 1. The second-order valence-corrected chi connectivity index (χ2v) is 4.61. The topological polar surface area (TPSA) is 88.2 Å². The number of nitrogens with zero attached hydrogens (tertiary/aromatic N) is 2. The summed E-state index contributed by atoms with van der Waals surface area (Å²) in [6.45, 7) is -0.151. The third-order valence-corrected chi connectivity index (χ3v) is 2.99. The average molecular weight is 337 g/mol. The summed E-state index contributed by atoms with van der Waals surface area (Å²) >= 11 is 0. The average Bonchev–Trinajstić information content (AvgIpc) is 2.52. The Morgan fingerprint density at radius 3 is 2.58 bits per heavy atom. The zero-order valence-corrected chi connectivity index (χ0v) is 12.0. The maximum absolute atomic E-state index is 12.4. The van der Waals surface area contributed by atoms with Gasteiger partial charge in [0.05, 0.1) is 16.6 Å². The summed E-state index contributed by atoms with van der Waals surface area (Å²) in [6.07, 6.45) is -4.84. The van der Waals surface area contributed by atoms with Gasteiger partial charge in [0.2, 0.25) is 0 Å². The molecule has 24 heavy (non-hydrogen) atoms. The highest BCUT2D eigenvalue weighted by molar-refractivity contribution is 5.64. The van der Waals surface area contributed by atoms with Crippen LogP contribution >= 0.6 is 0 Å². The third kappa shape index (κ3) is 4.36. The number of nitrogens with one attached hydrogen (secondary N) is 1. The van der Waals surface area contributed by atoms with Gasteiger partial charge in [0.25, 0.3) is 5.69 Å². The molecule has 1 N–H and O–H groups in total. The molecule has 0 saturated heterocycles. The van der Waals surface area contributed by atoms with Gasteiger partial charge in [-0.1, -0.05) is 18.2 Å². The van der Waals surface area contributed by atoms with Crippen LogP contribution in [0.4, 0.5) is 24.5 Å². The minimum Gasteiger partial charge on any atom is -0.405 e. The first-order valence-electron chi connectivity index (χ1n) is 6.56. The van der Waals surface area contributed by atoms with Crippen molar-refractivity contribution in [3.05, 3.63) is 63.7 Å². The standard InChI is InChI=1S/C15H10F3N3O3/c16-15(17,18)24-14-4-2-1-3-11(14)9-20-12-7-10(8-19)5-6-13(12)21(22)23/h1-7,20H,9H2. The third-order valence-electron chi connectivity index (χ3n) is 2.99. The zero-order chi connectivity index (χ0) is 17.7. The van der Waals surface area contributed by atoms with Crippen LogP contribution in [0, 0.1) is 21.4 Å². The van der Waals surface area contributed by atoms with Crippen molar-refractivity contribution in [2.24, 2.45) is 0 Å². The summed E-state index contributed by atoms with van der Waals surface area (Å²) in [4.78, 5) is 10.3. The van der Waals surface area contributed by atoms with Crippen molar-refractivity contribution in [2.45, 2.75) is 12.9 Å². The normalized spacial score (nSPS) is 10.8. The monoisotopic (exact) mass is 337 g/mol. The molecule has 0 unspecified atom stereocenters. The van der Waals surface area contributed by atoms with E-state index < -0.39 is 17.0 Å². The van der Waals surface area contributed by atoms with Crippen LogP contribution in [0.15, 0.2) is 42.5 Å². The summed E-state index contributed by atoms with van der Waals surface area (Å²) in [6, 6.07) is 11.0. The SMILES string of the molecule is N#Cc1ccc([N+](=O)[O-])c(NCc2ccccc2OC(F)(F)F)c1. The predicted octanol–water partition coefficient (Wildman–Crippen LogP) is 3.98. The van der Waals surface area contributed by atoms with Gasteiger partial charge in [0.1, 0.15) is 11.4 Å². The van der Waals surface area contributed by atoms with E-state index in [2.05, 4.69) is 10.1 Å². The number of rotatable bonds is 5. The molecule has 9 heteroatoms. The molecule has 0 aliphatic heterocycles. The summed E-state index contributed by atoms with van der Waals surface area (Å²) in [5, 5.41) is 22.5. The first-order chi connectivity index (χ1) is 11.3. The molecule has 2 aromatic rings. The number of hydrogen-bond donors (Lipinski definition) is 1. The van der Waals surface area contributed by atoms with E-state index in [-0.39, 0.29) is 29.0 Å². The fraction of sp³-hybridized carbons (Fsp3) is 0.133. The molecule has 0 saturated carbocycles. The number of halogens is 3. The number of nitro benzene ring substituents is 1. The molecular formula is C15H10F3N3O3. The van der Waals surface area contributed by atoms with E-state index in [1.165, 1.54) is 30.3 Å². The summed E-state index contributed by atoms with van der Waals surface area (Å²) in [5.41, 5.74) is 0.0819. The molecule has 0 spiro atoms. The Morgan fingerprint density at radius 2 is 1.96 bits per heavy atom. The maximum Gasteiger partial charge on any atom is 0.573 e. The molecule has 0 atom stereocenters. The number of para-hydroxylation sites is 1. The van der Waals surface area contributed by atoms with E-state index in [4.69, 9.17) is 5.26 Å². The molecule has 2 aromatic carbocycles. The molecular weight excluding hydrogens is 327 g/mol. The van der Waals surface area contributed by atoms with E-state index in [0.29, 0.717) is 0 Å². The van der Waals surface area contributed by atoms with Crippen molar-refractivity contribution in [2.75, 3.05) is 5.32 Å². The molecule has 2 rings (SSSR count). The molecule has 0 amide bonds. The van der Waals surface area contributed by atoms with Gasteiger partial charge in [0, 0.05) is 18.2 Å². The Labute approximate surface area is 134 Å². The molecule has 0 bridgehead atoms. The van der Waals surface area contributed by atoms with Gasteiger partial charge in [-0.15, -0.1) is 13.2 Å². The molecule has 0 aliphatic rings. The molecule has 124 valence electrons. The van der Waals surface area contributed by atoms with Crippen LogP contribution in [0.25, 0.3) is 0 Å². The minimum atomic E-state index is -4.84. The van der Waals surface area contributed by atoms with Crippen molar-refractivity contribution >= 4 is 11.4 Å². The van der Waals surface area contributed by atoms with E-state index in [0.717, 1.165) is 12.1 Å². The van der Waals surface area contributed by atoms with Gasteiger partial charge in [-0.05, 0) is 18.2 Å².